The smallest absolute Gasteiger partial charge is 0.341 e. The first kappa shape index (κ1) is 13.7. The van der Waals surface area contributed by atoms with Gasteiger partial charge in [0.1, 0.15) is 6.10 Å². The van der Waals surface area contributed by atoms with Gasteiger partial charge in [0.2, 0.25) is 0 Å². The van der Waals surface area contributed by atoms with E-state index in [1.165, 1.54) is 12.3 Å². The van der Waals surface area contributed by atoms with Crippen molar-refractivity contribution in [2.75, 3.05) is 0 Å². The SMILES string of the molecule is CC(OC(=O)c1ccncc1F)c1ccc(C#N)cc1. The van der Waals surface area contributed by atoms with Crippen molar-refractivity contribution in [2.24, 2.45) is 0 Å². The van der Waals surface area contributed by atoms with Gasteiger partial charge in [-0.1, -0.05) is 12.1 Å². The van der Waals surface area contributed by atoms with Gasteiger partial charge in [0.15, 0.2) is 5.82 Å². The minimum atomic E-state index is -0.748. The summed E-state index contributed by atoms with van der Waals surface area (Å²) in [7, 11) is 0. The molecule has 1 aromatic heterocycles. The van der Waals surface area contributed by atoms with Gasteiger partial charge in [-0.2, -0.15) is 5.26 Å². The fraction of sp³-hybridized carbons (Fsp3) is 0.133. The number of pyridine rings is 1. The number of rotatable bonds is 3. The van der Waals surface area contributed by atoms with E-state index in [1.54, 1.807) is 31.2 Å². The molecule has 0 fully saturated rings. The Bertz CT molecular complexity index is 662. The predicted molar refractivity (Wildman–Crippen MR) is 69.2 cm³/mol. The number of hydrogen-bond donors (Lipinski definition) is 0. The van der Waals surface area contributed by atoms with Crippen molar-refractivity contribution in [3.05, 3.63) is 65.2 Å². The summed E-state index contributed by atoms with van der Waals surface area (Å²) < 4.78 is 18.6. The van der Waals surface area contributed by atoms with Gasteiger partial charge < -0.3 is 4.74 Å². The Morgan fingerprint density at radius 1 is 1.35 bits per heavy atom. The zero-order chi connectivity index (χ0) is 14.5. The molecule has 2 aromatic rings. The second-order valence-corrected chi connectivity index (χ2v) is 4.14. The summed E-state index contributed by atoms with van der Waals surface area (Å²) in [6, 6.07) is 9.92. The number of esters is 1. The third-order valence-corrected chi connectivity index (χ3v) is 2.79. The molecule has 100 valence electrons. The number of nitrogens with zero attached hydrogens (tertiary/aromatic N) is 2. The van der Waals surface area contributed by atoms with E-state index in [1.807, 2.05) is 6.07 Å². The van der Waals surface area contributed by atoms with Crippen LogP contribution < -0.4 is 0 Å². The molecule has 2 rings (SSSR count). The van der Waals surface area contributed by atoms with E-state index < -0.39 is 17.9 Å². The molecule has 4 nitrogen and oxygen atoms in total. The molecule has 0 saturated carbocycles. The van der Waals surface area contributed by atoms with Crippen molar-refractivity contribution >= 4 is 5.97 Å². The highest BCUT2D eigenvalue weighted by atomic mass is 19.1. The predicted octanol–water partition coefficient (Wildman–Crippen LogP) is 3.01. The monoisotopic (exact) mass is 270 g/mol. The first-order valence-electron chi connectivity index (χ1n) is 5.92. The molecule has 0 aliphatic rings. The van der Waals surface area contributed by atoms with Crippen LogP contribution in [0.4, 0.5) is 4.39 Å². The summed E-state index contributed by atoms with van der Waals surface area (Å²) >= 11 is 0. The van der Waals surface area contributed by atoms with Gasteiger partial charge in [-0.3, -0.25) is 4.98 Å². The molecule has 1 atom stereocenters. The molecular weight excluding hydrogens is 259 g/mol. The zero-order valence-electron chi connectivity index (χ0n) is 10.7. The molecule has 0 spiro atoms. The summed E-state index contributed by atoms with van der Waals surface area (Å²) in [5, 5.41) is 8.71. The van der Waals surface area contributed by atoms with Crippen LogP contribution in [0.5, 0.6) is 0 Å². The van der Waals surface area contributed by atoms with Gasteiger partial charge in [-0.25, -0.2) is 9.18 Å². The van der Waals surface area contributed by atoms with E-state index in [2.05, 4.69) is 4.98 Å². The number of aromatic nitrogens is 1. The molecule has 1 unspecified atom stereocenters. The van der Waals surface area contributed by atoms with Crippen LogP contribution in [0, 0.1) is 17.1 Å². The van der Waals surface area contributed by atoms with E-state index in [0.717, 1.165) is 11.8 Å². The molecule has 0 aliphatic heterocycles. The second-order valence-electron chi connectivity index (χ2n) is 4.14. The average molecular weight is 270 g/mol. The molecule has 0 radical (unpaired) electrons. The highest BCUT2D eigenvalue weighted by Gasteiger charge is 2.17. The minimum Gasteiger partial charge on any atom is -0.454 e. The molecule has 0 saturated heterocycles. The third kappa shape index (κ3) is 2.98. The summed E-state index contributed by atoms with van der Waals surface area (Å²) in [5.74, 6) is -1.47. The molecule has 5 heteroatoms. The van der Waals surface area contributed by atoms with Crippen LogP contribution in [-0.2, 0) is 4.74 Å². The highest BCUT2D eigenvalue weighted by molar-refractivity contribution is 5.89. The molecule has 0 amide bonds. The van der Waals surface area contributed by atoms with Crippen molar-refractivity contribution < 1.29 is 13.9 Å². The molecule has 0 N–H and O–H groups in total. The number of hydrogen-bond acceptors (Lipinski definition) is 4. The highest BCUT2D eigenvalue weighted by Crippen LogP contribution is 2.19. The number of nitriles is 1. The van der Waals surface area contributed by atoms with E-state index in [4.69, 9.17) is 10.00 Å². The maximum Gasteiger partial charge on any atom is 0.341 e. The minimum absolute atomic E-state index is 0.152. The van der Waals surface area contributed by atoms with Crippen LogP contribution in [0.2, 0.25) is 0 Å². The van der Waals surface area contributed by atoms with Gasteiger partial charge >= 0.3 is 5.97 Å². The largest absolute Gasteiger partial charge is 0.454 e. The molecule has 0 bridgehead atoms. The molecule has 1 heterocycles. The molecular formula is C15H11FN2O2. The Labute approximate surface area is 115 Å². The first-order valence-corrected chi connectivity index (χ1v) is 5.92. The van der Waals surface area contributed by atoms with Crippen LogP contribution in [-0.4, -0.2) is 11.0 Å². The lowest BCUT2D eigenvalue weighted by molar-refractivity contribution is 0.0332. The quantitative estimate of drug-likeness (QED) is 0.804. The van der Waals surface area contributed by atoms with Gasteiger partial charge in [0.05, 0.1) is 23.4 Å². The lowest BCUT2D eigenvalue weighted by Gasteiger charge is -2.13. The summed E-state index contributed by atoms with van der Waals surface area (Å²) in [4.78, 5) is 15.4. The van der Waals surface area contributed by atoms with Gasteiger partial charge in [-0.15, -0.1) is 0 Å². The van der Waals surface area contributed by atoms with Gasteiger partial charge in [0.25, 0.3) is 0 Å². The normalized spacial score (nSPS) is 11.4. The summed E-state index contributed by atoms with van der Waals surface area (Å²) in [6.45, 7) is 1.68. The number of benzene rings is 1. The summed E-state index contributed by atoms with van der Waals surface area (Å²) in [6.07, 6.45) is 1.75. The number of carbonyl (C=O) groups is 1. The fourth-order valence-electron chi connectivity index (χ4n) is 1.66. The van der Waals surface area contributed by atoms with Crippen molar-refractivity contribution in [3.8, 4) is 6.07 Å². The van der Waals surface area contributed by atoms with Crippen LogP contribution in [0.25, 0.3) is 0 Å². The van der Waals surface area contributed by atoms with Crippen molar-refractivity contribution in [1.82, 2.24) is 4.98 Å². The maximum atomic E-state index is 13.4. The van der Waals surface area contributed by atoms with Crippen LogP contribution >= 0.6 is 0 Å². The van der Waals surface area contributed by atoms with Crippen molar-refractivity contribution in [1.29, 1.82) is 5.26 Å². The van der Waals surface area contributed by atoms with Crippen molar-refractivity contribution in [2.45, 2.75) is 13.0 Å². The van der Waals surface area contributed by atoms with E-state index in [0.29, 0.717) is 5.56 Å². The topological polar surface area (TPSA) is 63.0 Å². The standard InChI is InChI=1S/C15H11FN2O2/c1-10(12-4-2-11(8-17)3-5-12)20-15(19)13-6-7-18-9-14(13)16/h2-7,9-10H,1H3. The van der Waals surface area contributed by atoms with Crippen LogP contribution in [0.3, 0.4) is 0 Å². The van der Waals surface area contributed by atoms with Gasteiger partial charge in [-0.05, 0) is 30.7 Å². The zero-order valence-corrected chi connectivity index (χ0v) is 10.7. The van der Waals surface area contributed by atoms with Crippen molar-refractivity contribution in [3.63, 3.8) is 0 Å². The Morgan fingerprint density at radius 3 is 2.65 bits per heavy atom. The fourth-order valence-corrected chi connectivity index (χ4v) is 1.66. The van der Waals surface area contributed by atoms with Crippen LogP contribution in [0.1, 0.15) is 34.5 Å². The Balaban J connectivity index is 2.11. The van der Waals surface area contributed by atoms with Gasteiger partial charge in [0, 0.05) is 6.20 Å². The lowest BCUT2D eigenvalue weighted by Crippen LogP contribution is -2.11. The number of halogens is 1. The Kier molecular flexibility index (Phi) is 4.06. The van der Waals surface area contributed by atoms with E-state index >= 15 is 0 Å². The van der Waals surface area contributed by atoms with Crippen LogP contribution in [0.15, 0.2) is 42.7 Å². The molecule has 20 heavy (non-hydrogen) atoms. The summed E-state index contributed by atoms with van der Waals surface area (Å²) in [5.41, 5.74) is 1.10. The average Bonchev–Trinajstić information content (AvgIpc) is 2.47. The third-order valence-electron chi connectivity index (χ3n) is 2.79. The molecule has 1 aromatic carbocycles. The first-order chi connectivity index (χ1) is 9.61. The number of carbonyl (C=O) groups excluding carboxylic acids is 1. The molecule has 0 aliphatic carbocycles. The van der Waals surface area contributed by atoms with E-state index in [-0.39, 0.29) is 5.56 Å². The Morgan fingerprint density at radius 2 is 2.05 bits per heavy atom. The maximum absolute atomic E-state index is 13.4. The number of ether oxygens (including phenoxy) is 1. The second kappa shape index (κ2) is 5.93. The Hall–Kier alpha value is -2.74. The van der Waals surface area contributed by atoms with E-state index in [9.17, 15) is 9.18 Å². The lowest BCUT2D eigenvalue weighted by atomic mass is 10.1.